The molecule has 140 valence electrons. The summed E-state index contributed by atoms with van der Waals surface area (Å²) in [7, 11) is -3.20. The first kappa shape index (κ1) is 18.7. The average molecular weight is 396 g/mol. The van der Waals surface area contributed by atoms with Gasteiger partial charge in [0.15, 0.2) is 11.5 Å². The second-order valence-electron chi connectivity index (χ2n) is 5.85. The molecule has 0 saturated carbocycles. The van der Waals surface area contributed by atoms with Crippen molar-refractivity contribution in [2.75, 3.05) is 31.3 Å². The van der Waals surface area contributed by atoms with Crippen LogP contribution < -0.4 is 19.5 Å². The number of anilines is 1. The lowest BCUT2D eigenvalue weighted by atomic mass is 10.2. The van der Waals surface area contributed by atoms with Crippen molar-refractivity contribution in [1.82, 2.24) is 4.72 Å². The lowest BCUT2D eigenvalue weighted by Crippen LogP contribution is -2.24. The van der Waals surface area contributed by atoms with Crippen LogP contribution in [0.2, 0.25) is 0 Å². The van der Waals surface area contributed by atoms with Crippen molar-refractivity contribution < 1.29 is 22.7 Å². The maximum absolute atomic E-state index is 12.4. The summed E-state index contributed by atoms with van der Waals surface area (Å²) in [4.78, 5) is 13.9. The van der Waals surface area contributed by atoms with Gasteiger partial charge in [0.1, 0.15) is 0 Å². The van der Waals surface area contributed by atoms with Crippen molar-refractivity contribution in [1.29, 1.82) is 0 Å². The molecule has 0 bridgehead atoms. The van der Waals surface area contributed by atoms with E-state index in [-0.39, 0.29) is 5.91 Å². The molecule has 1 aromatic heterocycles. The van der Waals surface area contributed by atoms with Crippen molar-refractivity contribution in [3.8, 4) is 11.5 Å². The highest BCUT2D eigenvalue weighted by Crippen LogP contribution is 2.32. The Balaban J connectivity index is 1.61. The fourth-order valence-electron chi connectivity index (χ4n) is 2.43. The Labute approximate surface area is 156 Å². The van der Waals surface area contributed by atoms with E-state index in [4.69, 9.17) is 9.47 Å². The molecule has 0 radical (unpaired) electrons. The van der Waals surface area contributed by atoms with Gasteiger partial charge in [-0.15, -0.1) is 11.3 Å². The molecular weight excluding hydrogens is 376 g/mol. The number of benzene rings is 1. The summed E-state index contributed by atoms with van der Waals surface area (Å²) in [5.74, 6) is 1.09. The van der Waals surface area contributed by atoms with Crippen LogP contribution in [-0.4, -0.2) is 40.3 Å². The highest BCUT2D eigenvalue weighted by atomic mass is 32.2. The van der Waals surface area contributed by atoms with Gasteiger partial charge in [-0.05, 0) is 30.7 Å². The predicted molar refractivity (Wildman–Crippen MR) is 101 cm³/mol. The van der Waals surface area contributed by atoms with Crippen LogP contribution in [0.25, 0.3) is 0 Å². The van der Waals surface area contributed by atoms with Crippen molar-refractivity contribution in [3.05, 3.63) is 40.1 Å². The fourth-order valence-corrected chi connectivity index (χ4v) is 3.80. The Morgan fingerprint density at radius 2 is 1.92 bits per heavy atom. The Morgan fingerprint density at radius 3 is 2.69 bits per heavy atom. The number of carbonyl (C=O) groups excluding carboxylic acids is 1. The van der Waals surface area contributed by atoms with E-state index in [0.29, 0.717) is 48.2 Å². The zero-order chi connectivity index (χ0) is 18.6. The van der Waals surface area contributed by atoms with Crippen LogP contribution in [0, 0.1) is 0 Å². The molecule has 2 heterocycles. The summed E-state index contributed by atoms with van der Waals surface area (Å²) in [5, 5.41) is 2.85. The normalized spacial score (nSPS) is 13.9. The van der Waals surface area contributed by atoms with Crippen LogP contribution in [0.4, 0.5) is 5.69 Å². The van der Waals surface area contributed by atoms with Crippen molar-refractivity contribution in [2.24, 2.45) is 0 Å². The van der Waals surface area contributed by atoms with E-state index in [0.717, 1.165) is 17.6 Å². The Morgan fingerprint density at radius 1 is 1.15 bits per heavy atom. The SMILES string of the molecule is CS(=O)(=O)NCCc1ccc(C(=O)Nc2ccc3c(c2)OCCCO3)s1. The van der Waals surface area contributed by atoms with E-state index in [2.05, 4.69) is 10.0 Å². The zero-order valence-corrected chi connectivity index (χ0v) is 15.9. The summed E-state index contributed by atoms with van der Waals surface area (Å²) in [6.45, 7) is 1.51. The lowest BCUT2D eigenvalue weighted by Gasteiger charge is -2.10. The van der Waals surface area contributed by atoms with Gasteiger partial charge >= 0.3 is 0 Å². The molecule has 0 spiro atoms. The van der Waals surface area contributed by atoms with Crippen molar-refractivity contribution >= 4 is 33.0 Å². The quantitative estimate of drug-likeness (QED) is 0.781. The van der Waals surface area contributed by atoms with Crippen LogP contribution in [0.5, 0.6) is 11.5 Å². The molecule has 0 atom stereocenters. The molecule has 0 unspecified atom stereocenters. The molecule has 1 aliphatic heterocycles. The van der Waals surface area contributed by atoms with Gasteiger partial charge in [-0.3, -0.25) is 4.79 Å². The number of nitrogens with one attached hydrogen (secondary N) is 2. The van der Waals surface area contributed by atoms with E-state index in [9.17, 15) is 13.2 Å². The van der Waals surface area contributed by atoms with Crippen LogP contribution in [0.15, 0.2) is 30.3 Å². The van der Waals surface area contributed by atoms with Gasteiger partial charge in [0, 0.05) is 29.6 Å². The van der Waals surface area contributed by atoms with Crippen LogP contribution in [0.1, 0.15) is 21.0 Å². The number of amides is 1. The number of sulfonamides is 1. The number of fused-ring (bicyclic) bond motifs is 1. The van der Waals surface area contributed by atoms with E-state index < -0.39 is 10.0 Å². The molecular formula is C17H20N2O5S2. The largest absolute Gasteiger partial charge is 0.490 e. The van der Waals surface area contributed by atoms with E-state index in [1.54, 1.807) is 24.3 Å². The average Bonchev–Trinajstić information content (AvgIpc) is 2.92. The third kappa shape index (κ3) is 5.20. The second-order valence-corrected chi connectivity index (χ2v) is 8.85. The van der Waals surface area contributed by atoms with Crippen LogP contribution in [0.3, 0.4) is 0 Å². The maximum Gasteiger partial charge on any atom is 0.265 e. The standard InChI is InChI=1S/C17H20N2O5S2/c1-26(21,22)18-8-7-13-4-6-16(25-13)17(20)19-12-3-5-14-15(11-12)24-10-2-9-23-14/h3-6,11,18H,2,7-10H2,1H3,(H,19,20). The van der Waals surface area contributed by atoms with Crippen molar-refractivity contribution in [3.63, 3.8) is 0 Å². The van der Waals surface area contributed by atoms with Crippen LogP contribution >= 0.6 is 11.3 Å². The topological polar surface area (TPSA) is 93.7 Å². The van der Waals surface area contributed by atoms with E-state index in [1.807, 2.05) is 6.07 Å². The molecule has 0 saturated heterocycles. The summed E-state index contributed by atoms with van der Waals surface area (Å²) in [5.41, 5.74) is 0.632. The maximum atomic E-state index is 12.4. The van der Waals surface area contributed by atoms with E-state index in [1.165, 1.54) is 11.3 Å². The molecule has 1 aliphatic rings. The predicted octanol–water partition coefficient (Wildman–Crippen LogP) is 2.25. The van der Waals surface area contributed by atoms with Gasteiger partial charge in [-0.2, -0.15) is 0 Å². The van der Waals surface area contributed by atoms with Gasteiger partial charge in [0.05, 0.1) is 24.3 Å². The number of rotatable bonds is 6. The summed E-state index contributed by atoms with van der Waals surface area (Å²) < 4.78 is 35.8. The first-order chi connectivity index (χ1) is 12.4. The van der Waals surface area contributed by atoms with Crippen LogP contribution in [-0.2, 0) is 16.4 Å². The molecule has 26 heavy (non-hydrogen) atoms. The fraction of sp³-hybridized carbons (Fsp3) is 0.353. The first-order valence-electron chi connectivity index (χ1n) is 8.15. The molecule has 1 amide bonds. The van der Waals surface area contributed by atoms with Gasteiger partial charge < -0.3 is 14.8 Å². The molecule has 0 fully saturated rings. The second kappa shape index (κ2) is 8.07. The Kier molecular flexibility index (Phi) is 5.80. The third-order valence-corrected chi connectivity index (χ3v) is 5.50. The molecule has 0 aliphatic carbocycles. The monoisotopic (exact) mass is 396 g/mol. The number of ether oxygens (including phenoxy) is 2. The molecule has 3 rings (SSSR count). The van der Waals surface area contributed by atoms with Gasteiger partial charge in [0.25, 0.3) is 5.91 Å². The molecule has 2 aromatic rings. The number of hydrogen-bond acceptors (Lipinski definition) is 6. The minimum Gasteiger partial charge on any atom is -0.490 e. The Bertz CT molecular complexity index is 892. The minimum atomic E-state index is -3.20. The van der Waals surface area contributed by atoms with Crippen molar-refractivity contribution in [2.45, 2.75) is 12.8 Å². The van der Waals surface area contributed by atoms with Gasteiger partial charge in [-0.25, -0.2) is 13.1 Å². The number of hydrogen-bond donors (Lipinski definition) is 2. The van der Waals surface area contributed by atoms with Gasteiger partial charge in [-0.1, -0.05) is 0 Å². The highest BCUT2D eigenvalue weighted by Gasteiger charge is 2.14. The number of carbonyl (C=O) groups is 1. The summed E-state index contributed by atoms with van der Waals surface area (Å²) in [6, 6.07) is 8.88. The zero-order valence-electron chi connectivity index (χ0n) is 14.3. The third-order valence-electron chi connectivity index (χ3n) is 3.63. The Hall–Kier alpha value is -2.10. The molecule has 9 heteroatoms. The molecule has 1 aromatic carbocycles. The summed E-state index contributed by atoms with van der Waals surface area (Å²) >= 11 is 1.34. The highest BCUT2D eigenvalue weighted by molar-refractivity contribution is 7.88. The molecule has 7 nitrogen and oxygen atoms in total. The van der Waals surface area contributed by atoms with E-state index >= 15 is 0 Å². The summed E-state index contributed by atoms with van der Waals surface area (Å²) in [6.07, 6.45) is 2.48. The lowest BCUT2D eigenvalue weighted by molar-refractivity contribution is 0.103. The smallest absolute Gasteiger partial charge is 0.265 e. The minimum absolute atomic E-state index is 0.216. The molecule has 2 N–H and O–H groups in total. The first-order valence-corrected chi connectivity index (χ1v) is 10.9. The number of thiophene rings is 1. The van der Waals surface area contributed by atoms with Gasteiger partial charge in [0.2, 0.25) is 10.0 Å².